The number of halogens is 1. The predicted molar refractivity (Wildman–Crippen MR) is 108 cm³/mol. The van der Waals surface area contributed by atoms with E-state index in [0.717, 1.165) is 30.6 Å². The molecule has 0 bridgehead atoms. The SMILES string of the molecule is CC(C)(N1CCCCCc2ccccc21)N1C(=O)Cc2cc(Cl)ccc21. The van der Waals surface area contributed by atoms with Crippen molar-refractivity contribution >= 4 is 28.9 Å². The highest BCUT2D eigenvalue weighted by Gasteiger charge is 2.42. The lowest BCUT2D eigenvalue weighted by atomic mass is 9.98. The van der Waals surface area contributed by atoms with Crippen molar-refractivity contribution in [2.75, 3.05) is 16.3 Å². The third-order valence-corrected chi connectivity index (χ3v) is 5.93. The zero-order chi connectivity index (χ0) is 18.3. The molecule has 0 unspecified atom stereocenters. The molecule has 0 saturated carbocycles. The van der Waals surface area contributed by atoms with Crippen LogP contribution in [0, 0.1) is 0 Å². The van der Waals surface area contributed by atoms with Gasteiger partial charge in [0.05, 0.1) is 6.42 Å². The molecular formula is C22H25ClN2O. The summed E-state index contributed by atoms with van der Waals surface area (Å²) in [6, 6.07) is 14.4. The average molecular weight is 369 g/mol. The predicted octanol–water partition coefficient (Wildman–Crippen LogP) is 5.20. The Hall–Kier alpha value is -2.00. The first-order chi connectivity index (χ1) is 12.5. The molecule has 4 rings (SSSR count). The molecule has 2 aliphatic heterocycles. The van der Waals surface area contributed by atoms with Crippen LogP contribution in [0.15, 0.2) is 42.5 Å². The molecule has 2 aliphatic rings. The summed E-state index contributed by atoms with van der Waals surface area (Å²) in [6.07, 6.45) is 5.13. The van der Waals surface area contributed by atoms with Gasteiger partial charge in [0.25, 0.3) is 0 Å². The fourth-order valence-corrected chi connectivity index (χ4v) is 4.64. The van der Waals surface area contributed by atoms with Crippen LogP contribution in [-0.4, -0.2) is 18.1 Å². The lowest BCUT2D eigenvalue weighted by Crippen LogP contribution is -2.59. The monoisotopic (exact) mass is 368 g/mol. The average Bonchev–Trinajstić information content (AvgIpc) is 2.91. The van der Waals surface area contributed by atoms with Gasteiger partial charge in [0, 0.05) is 22.9 Å². The minimum atomic E-state index is -0.441. The molecule has 1 amide bonds. The van der Waals surface area contributed by atoms with Gasteiger partial charge in [-0.05, 0) is 68.5 Å². The number of nitrogens with zero attached hydrogens (tertiary/aromatic N) is 2. The van der Waals surface area contributed by atoms with Gasteiger partial charge in [0.2, 0.25) is 5.91 Å². The quantitative estimate of drug-likeness (QED) is 0.727. The number of hydrogen-bond donors (Lipinski definition) is 0. The zero-order valence-electron chi connectivity index (χ0n) is 15.5. The van der Waals surface area contributed by atoms with Gasteiger partial charge >= 0.3 is 0 Å². The highest BCUT2D eigenvalue weighted by molar-refractivity contribution is 6.30. The molecule has 4 heteroatoms. The number of benzene rings is 2. The number of carbonyl (C=O) groups is 1. The van der Waals surface area contributed by atoms with Crippen molar-refractivity contribution in [3.8, 4) is 0 Å². The Bertz CT molecular complexity index is 846. The number of para-hydroxylation sites is 1. The van der Waals surface area contributed by atoms with E-state index in [0.29, 0.717) is 11.4 Å². The summed E-state index contributed by atoms with van der Waals surface area (Å²) in [6.45, 7) is 5.27. The molecule has 2 aromatic carbocycles. The summed E-state index contributed by atoms with van der Waals surface area (Å²) in [5.74, 6) is 0.145. The molecule has 0 aliphatic carbocycles. The van der Waals surface area contributed by atoms with Crippen LogP contribution >= 0.6 is 11.6 Å². The van der Waals surface area contributed by atoms with E-state index >= 15 is 0 Å². The van der Waals surface area contributed by atoms with Crippen LogP contribution in [0.1, 0.15) is 44.2 Å². The highest BCUT2D eigenvalue weighted by Crippen LogP contribution is 2.40. The minimum Gasteiger partial charge on any atom is -0.348 e. The Morgan fingerprint density at radius 1 is 0.962 bits per heavy atom. The Balaban J connectivity index is 1.79. The van der Waals surface area contributed by atoms with Crippen molar-refractivity contribution in [2.45, 2.75) is 51.6 Å². The van der Waals surface area contributed by atoms with Crippen LogP contribution in [-0.2, 0) is 17.6 Å². The molecule has 0 saturated heterocycles. The fourth-order valence-electron chi connectivity index (χ4n) is 4.45. The largest absolute Gasteiger partial charge is 0.348 e. The van der Waals surface area contributed by atoms with Gasteiger partial charge in [-0.1, -0.05) is 36.2 Å². The van der Waals surface area contributed by atoms with Crippen LogP contribution in [0.5, 0.6) is 0 Å². The Morgan fingerprint density at radius 2 is 1.77 bits per heavy atom. The maximum absolute atomic E-state index is 13.0. The standard InChI is InChI=1S/C22H25ClN2O/c1-22(2,25-20-12-11-18(23)14-17(20)15-21(25)26)24-13-7-3-4-8-16-9-5-6-10-19(16)24/h5-6,9-12,14H,3-4,7-8,13,15H2,1-2H3. The van der Waals surface area contributed by atoms with E-state index in [1.165, 1.54) is 24.1 Å². The third-order valence-electron chi connectivity index (χ3n) is 5.69. The van der Waals surface area contributed by atoms with E-state index in [2.05, 4.69) is 43.0 Å². The van der Waals surface area contributed by atoms with E-state index in [4.69, 9.17) is 11.6 Å². The Morgan fingerprint density at radius 3 is 2.62 bits per heavy atom. The first-order valence-electron chi connectivity index (χ1n) is 9.45. The van der Waals surface area contributed by atoms with Crippen molar-refractivity contribution in [3.05, 3.63) is 58.6 Å². The first kappa shape index (κ1) is 17.4. The molecule has 0 N–H and O–H groups in total. The smallest absolute Gasteiger partial charge is 0.233 e. The molecule has 26 heavy (non-hydrogen) atoms. The van der Waals surface area contributed by atoms with Crippen LogP contribution in [0.25, 0.3) is 0 Å². The van der Waals surface area contributed by atoms with E-state index < -0.39 is 5.66 Å². The molecule has 0 aromatic heterocycles. The fraction of sp³-hybridized carbons (Fsp3) is 0.409. The molecule has 0 spiro atoms. The minimum absolute atomic E-state index is 0.145. The van der Waals surface area contributed by atoms with Gasteiger partial charge in [0.15, 0.2) is 0 Å². The summed E-state index contributed by atoms with van der Waals surface area (Å²) in [7, 11) is 0. The Kier molecular flexibility index (Phi) is 4.44. The lowest BCUT2D eigenvalue weighted by Gasteiger charge is -2.47. The van der Waals surface area contributed by atoms with Crippen molar-refractivity contribution in [2.24, 2.45) is 0 Å². The number of rotatable bonds is 2. The Labute approximate surface area is 160 Å². The second-order valence-corrected chi connectivity index (χ2v) is 8.20. The normalized spacial score (nSPS) is 17.6. The second kappa shape index (κ2) is 6.62. The van der Waals surface area contributed by atoms with Crippen molar-refractivity contribution in [3.63, 3.8) is 0 Å². The first-order valence-corrected chi connectivity index (χ1v) is 9.83. The number of amides is 1. The van der Waals surface area contributed by atoms with Crippen molar-refractivity contribution in [1.29, 1.82) is 0 Å². The number of fused-ring (bicyclic) bond motifs is 2. The summed E-state index contributed by atoms with van der Waals surface area (Å²) in [5.41, 5.74) is 4.21. The molecule has 0 radical (unpaired) electrons. The summed E-state index contributed by atoms with van der Waals surface area (Å²) in [4.78, 5) is 17.3. The van der Waals surface area contributed by atoms with Gasteiger partial charge < -0.3 is 4.90 Å². The van der Waals surface area contributed by atoms with Crippen LogP contribution in [0.2, 0.25) is 5.02 Å². The van der Waals surface area contributed by atoms with Gasteiger partial charge in [-0.25, -0.2) is 0 Å². The van der Waals surface area contributed by atoms with Crippen LogP contribution < -0.4 is 9.80 Å². The third kappa shape index (κ3) is 2.88. The van der Waals surface area contributed by atoms with Gasteiger partial charge in [-0.2, -0.15) is 0 Å². The van der Waals surface area contributed by atoms with E-state index in [9.17, 15) is 4.79 Å². The molecule has 2 heterocycles. The maximum atomic E-state index is 13.0. The van der Waals surface area contributed by atoms with Crippen LogP contribution in [0.3, 0.4) is 0 Å². The molecule has 136 valence electrons. The molecule has 0 atom stereocenters. The van der Waals surface area contributed by atoms with Gasteiger partial charge in [-0.15, -0.1) is 0 Å². The summed E-state index contributed by atoms with van der Waals surface area (Å²) >= 11 is 6.15. The number of hydrogen-bond acceptors (Lipinski definition) is 2. The lowest BCUT2D eigenvalue weighted by molar-refractivity contribution is -0.118. The van der Waals surface area contributed by atoms with Crippen molar-refractivity contribution in [1.82, 2.24) is 0 Å². The summed E-state index contributed by atoms with van der Waals surface area (Å²) in [5, 5.41) is 0.688. The number of anilines is 2. The second-order valence-electron chi connectivity index (χ2n) is 7.76. The zero-order valence-corrected chi connectivity index (χ0v) is 16.2. The highest BCUT2D eigenvalue weighted by atomic mass is 35.5. The van der Waals surface area contributed by atoms with Crippen molar-refractivity contribution < 1.29 is 4.79 Å². The van der Waals surface area contributed by atoms with Crippen LogP contribution in [0.4, 0.5) is 11.4 Å². The van der Waals surface area contributed by atoms with E-state index in [-0.39, 0.29) is 5.91 Å². The molecular weight excluding hydrogens is 344 g/mol. The molecule has 3 nitrogen and oxygen atoms in total. The van der Waals surface area contributed by atoms with E-state index in [1.54, 1.807) is 0 Å². The van der Waals surface area contributed by atoms with E-state index in [1.807, 2.05) is 23.1 Å². The summed E-state index contributed by atoms with van der Waals surface area (Å²) < 4.78 is 0. The number of aryl methyl sites for hydroxylation is 1. The number of carbonyl (C=O) groups excluding carboxylic acids is 1. The topological polar surface area (TPSA) is 23.6 Å². The van der Waals surface area contributed by atoms with Gasteiger partial charge in [0.1, 0.15) is 5.66 Å². The molecule has 2 aromatic rings. The van der Waals surface area contributed by atoms with Gasteiger partial charge in [-0.3, -0.25) is 9.69 Å². The maximum Gasteiger partial charge on any atom is 0.233 e. The molecule has 0 fully saturated rings.